The largest absolute Gasteiger partial charge is 0.497 e. The SMILES string of the molecule is CCC1(O)CN(C(=O)c2ccc(OC)cc2N)C1. The van der Waals surface area contributed by atoms with E-state index in [1.165, 1.54) is 0 Å². The maximum Gasteiger partial charge on any atom is 0.256 e. The molecule has 0 aliphatic carbocycles. The van der Waals surface area contributed by atoms with E-state index in [1.807, 2.05) is 6.92 Å². The van der Waals surface area contributed by atoms with Crippen molar-refractivity contribution in [2.45, 2.75) is 18.9 Å². The van der Waals surface area contributed by atoms with E-state index in [-0.39, 0.29) is 5.91 Å². The zero-order valence-electron chi connectivity index (χ0n) is 10.6. The summed E-state index contributed by atoms with van der Waals surface area (Å²) in [4.78, 5) is 13.7. The molecule has 5 heteroatoms. The average Bonchev–Trinajstić information content (AvgIpc) is 2.34. The molecule has 1 heterocycles. The van der Waals surface area contributed by atoms with E-state index in [0.29, 0.717) is 36.5 Å². The number of benzene rings is 1. The molecule has 1 aliphatic rings. The number of hydrogen-bond acceptors (Lipinski definition) is 4. The highest BCUT2D eigenvalue weighted by Crippen LogP contribution is 2.28. The quantitative estimate of drug-likeness (QED) is 0.781. The summed E-state index contributed by atoms with van der Waals surface area (Å²) in [6.45, 7) is 2.64. The first-order chi connectivity index (χ1) is 8.49. The Morgan fingerprint density at radius 2 is 2.22 bits per heavy atom. The van der Waals surface area contributed by atoms with Crippen LogP contribution < -0.4 is 10.5 Å². The van der Waals surface area contributed by atoms with Crippen LogP contribution in [0.5, 0.6) is 5.75 Å². The smallest absolute Gasteiger partial charge is 0.256 e. The molecule has 98 valence electrons. The molecule has 0 unspecified atom stereocenters. The zero-order chi connectivity index (χ0) is 13.3. The van der Waals surface area contributed by atoms with Gasteiger partial charge in [0.2, 0.25) is 0 Å². The maximum absolute atomic E-state index is 12.1. The summed E-state index contributed by atoms with van der Waals surface area (Å²) in [5, 5.41) is 9.89. The molecule has 2 rings (SSSR count). The highest BCUT2D eigenvalue weighted by atomic mass is 16.5. The number of amides is 1. The van der Waals surface area contributed by atoms with Crippen molar-refractivity contribution in [1.82, 2.24) is 4.90 Å². The molecule has 1 fully saturated rings. The standard InChI is InChI=1S/C13H18N2O3/c1-3-13(17)7-15(8-13)12(16)10-5-4-9(18-2)6-11(10)14/h4-6,17H,3,7-8,14H2,1-2H3. The summed E-state index contributed by atoms with van der Waals surface area (Å²) in [6.07, 6.45) is 0.648. The summed E-state index contributed by atoms with van der Waals surface area (Å²) < 4.78 is 5.04. The Labute approximate surface area is 106 Å². The van der Waals surface area contributed by atoms with Crippen molar-refractivity contribution in [2.24, 2.45) is 0 Å². The molecule has 3 N–H and O–H groups in total. The number of ether oxygens (including phenoxy) is 1. The molecule has 0 atom stereocenters. The second-order valence-electron chi connectivity index (χ2n) is 4.69. The summed E-state index contributed by atoms with van der Waals surface area (Å²) in [5.41, 5.74) is 5.95. The van der Waals surface area contributed by atoms with Gasteiger partial charge in [-0.05, 0) is 18.6 Å². The Balaban J connectivity index is 2.11. The number of nitrogens with zero attached hydrogens (tertiary/aromatic N) is 1. The number of rotatable bonds is 3. The minimum Gasteiger partial charge on any atom is -0.497 e. The highest BCUT2D eigenvalue weighted by Gasteiger charge is 2.42. The molecule has 1 aliphatic heterocycles. The number of aliphatic hydroxyl groups is 1. The van der Waals surface area contributed by atoms with Gasteiger partial charge in [-0.1, -0.05) is 6.92 Å². The van der Waals surface area contributed by atoms with Crippen LogP contribution in [0, 0.1) is 0 Å². The topological polar surface area (TPSA) is 75.8 Å². The number of likely N-dealkylation sites (tertiary alicyclic amines) is 1. The molecule has 0 radical (unpaired) electrons. The fourth-order valence-corrected chi connectivity index (χ4v) is 2.06. The summed E-state index contributed by atoms with van der Waals surface area (Å²) in [7, 11) is 1.55. The number of anilines is 1. The molecule has 1 aromatic rings. The molecule has 1 aromatic carbocycles. The van der Waals surface area contributed by atoms with Crippen LogP contribution in [0.25, 0.3) is 0 Å². The van der Waals surface area contributed by atoms with Gasteiger partial charge < -0.3 is 20.5 Å². The minimum absolute atomic E-state index is 0.145. The predicted molar refractivity (Wildman–Crippen MR) is 68.6 cm³/mol. The van der Waals surface area contributed by atoms with Crippen molar-refractivity contribution in [3.05, 3.63) is 23.8 Å². The first kappa shape index (κ1) is 12.7. The first-order valence-corrected chi connectivity index (χ1v) is 5.94. The second-order valence-corrected chi connectivity index (χ2v) is 4.69. The van der Waals surface area contributed by atoms with Gasteiger partial charge in [-0.25, -0.2) is 0 Å². The third kappa shape index (κ3) is 2.13. The Morgan fingerprint density at radius 1 is 1.56 bits per heavy atom. The first-order valence-electron chi connectivity index (χ1n) is 5.94. The molecule has 5 nitrogen and oxygen atoms in total. The number of nitrogens with two attached hydrogens (primary N) is 1. The molecule has 0 spiro atoms. The number of hydrogen-bond donors (Lipinski definition) is 2. The van der Waals surface area contributed by atoms with Crippen molar-refractivity contribution in [2.75, 3.05) is 25.9 Å². The van der Waals surface area contributed by atoms with Crippen LogP contribution in [0.4, 0.5) is 5.69 Å². The van der Waals surface area contributed by atoms with Gasteiger partial charge in [0.1, 0.15) is 5.75 Å². The van der Waals surface area contributed by atoms with E-state index in [4.69, 9.17) is 10.5 Å². The lowest BCUT2D eigenvalue weighted by Gasteiger charge is -2.46. The Morgan fingerprint density at radius 3 is 2.72 bits per heavy atom. The van der Waals surface area contributed by atoms with Gasteiger partial charge in [-0.2, -0.15) is 0 Å². The van der Waals surface area contributed by atoms with Gasteiger partial charge in [0.05, 0.1) is 31.4 Å². The maximum atomic E-state index is 12.1. The van der Waals surface area contributed by atoms with E-state index >= 15 is 0 Å². The molecule has 18 heavy (non-hydrogen) atoms. The van der Waals surface area contributed by atoms with Crippen LogP contribution in [0.1, 0.15) is 23.7 Å². The summed E-state index contributed by atoms with van der Waals surface area (Å²) in [6, 6.07) is 4.98. The van der Waals surface area contributed by atoms with Crippen molar-refractivity contribution >= 4 is 11.6 Å². The van der Waals surface area contributed by atoms with Crippen LogP contribution in [-0.2, 0) is 0 Å². The summed E-state index contributed by atoms with van der Waals surface area (Å²) >= 11 is 0. The fraction of sp³-hybridized carbons (Fsp3) is 0.462. The molecule has 0 bridgehead atoms. The molecular weight excluding hydrogens is 232 g/mol. The molecule has 1 saturated heterocycles. The third-order valence-electron chi connectivity index (χ3n) is 3.40. The lowest BCUT2D eigenvalue weighted by Crippen LogP contribution is -2.63. The van der Waals surface area contributed by atoms with Crippen LogP contribution in [-0.4, -0.2) is 41.7 Å². The third-order valence-corrected chi connectivity index (χ3v) is 3.40. The van der Waals surface area contributed by atoms with Crippen LogP contribution in [0.2, 0.25) is 0 Å². The number of nitrogen functional groups attached to an aromatic ring is 1. The van der Waals surface area contributed by atoms with Gasteiger partial charge in [0, 0.05) is 11.8 Å². The molecule has 0 saturated carbocycles. The van der Waals surface area contributed by atoms with E-state index in [1.54, 1.807) is 30.2 Å². The highest BCUT2D eigenvalue weighted by molar-refractivity contribution is 6.00. The summed E-state index contributed by atoms with van der Waals surface area (Å²) in [5.74, 6) is 0.478. The van der Waals surface area contributed by atoms with Crippen molar-refractivity contribution in [3.8, 4) is 5.75 Å². The number of β-amino-alcohol motifs (C(OH)–C–C–N with tert-alkyl or cyclic N) is 1. The Kier molecular flexibility index (Phi) is 3.17. The average molecular weight is 250 g/mol. The molecular formula is C13H18N2O3. The second kappa shape index (κ2) is 4.49. The van der Waals surface area contributed by atoms with Gasteiger partial charge >= 0.3 is 0 Å². The van der Waals surface area contributed by atoms with Gasteiger partial charge in [0.15, 0.2) is 0 Å². The molecule has 0 aromatic heterocycles. The van der Waals surface area contributed by atoms with Crippen molar-refractivity contribution in [1.29, 1.82) is 0 Å². The van der Waals surface area contributed by atoms with Crippen LogP contribution >= 0.6 is 0 Å². The van der Waals surface area contributed by atoms with Crippen molar-refractivity contribution < 1.29 is 14.6 Å². The van der Waals surface area contributed by atoms with E-state index in [2.05, 4.69) is 0 Å². The number of methoxy groups -OCH3 is 1. The molecule has 1 amide bonds. The number of carbonyl (C=O) groups excluding carboxylic acids is 1. The number of carbonyl (C=O) groups is 1. The fourth-order valence-electron chi connectivity index (χ4n) is 2.06. The monoisotopic (exact) mass is 250 g/mol. The Hall–Kier alpha value is -1.75. The normalized spacial score (nSPS) is 17.2. The lowest BCUT2D eigenvalue weighted by atomic mass is 9.90. The zero-order valence-corrected chi connectivity index (χ0v) is 10.6. The van der Waals surface area contributed by atoms with E-state index in [0.717, 1.165) is 0 Å². The van der Waals surface area contributed by atoms with Crippen LogP contribution in [0.3, 0.4) is 0 Å². The predicted octanol–water partition coefficient (Wildman–Crippen LogP) is 0.874. The minimum atomic E-state index is -0.725. The van der Waals surface area contributed by atoms with Gasteiger partial charge in [0.25, 0.3) is 5.91 Å². The van der Waals surface area contributed by atoms with Crippen LogP contribution in [0.15, 0.2) is 18.2 Å². The van der Waals surface area contributed by atoms with Crippen molar-refractivity contribution in [3.63, 3.8) is 0 Å². The van der Waals surface area contributed by atoms with E-state index < -0.39 is 5.60 Å². The van der Waals surface area contributed by atoms with Gasteiger partial charge in [-0.15, -0.1) is 0 Å². The van der Waals surface area contributed by atoms with E-state index in [9.17, 15) is 9.90 Å². The Bertz CT molecular complexity index is 467. The van der Waals surface area contributed by atoms with Gasteiger partial charge in [-0.3, -0.25) is 4.79 Å². The lowest BCUT2D eigenvalue weighted by molar-refractivity contribution is -0.0826.